The molecule has 16 heavy (non-hydrogen) atoms. The number of fused-ring (bicyclic) bond motifs is 2. The first-order valence-electron chi connectivity index (χ1n) is 5.31. The van der Waals surface area contributed by atoms with Crippen LogP contribution in [0.3, 0.4) is 0 Å². The van der Waals surface area contributed by atoms with Crippen LogP contribution in [0.5, 0.6) is 0 Å². The summed E-state index contributed by atoms with van der Waals surface area (Å²) >= 11 is 0. The fraction of sp³-hybridized carbons (Fsp3) is 0.455. The second kappa shape index (κ2) is 3.20. The van der Waals surface area contributed by atoms with Crippen molar-refractivity contribution < 1.29 is 12.8 Å². The number of rotatable bonds is 1. The van der Waals surface area contributed by atoms with Gasteiger partial charge in [0, 0.05) is 12.6 Å². The highest BCUT2D eigenvalue weighted by molar-refractivity contribution is 7.92. The minimum absolute atomic E-state index is 0.0353. The van der Waals surface area contributed by atoms with Crippen LogP contribution in [-0.4, -0.2) is 32.0 Å². The zero-order valence-corrected chi connectivity index (χ0v) is 9.45. The van der Waals surface area contributed by atoms with Crippen molar-refractivity contribution in [3.63, 3.8) is 0 Å². The second-order valence-electron chi connectivity index (χ2n) is 4.44. The topological polar surface area (TPSA) is 37.4 Å². The van der Waals surface area contributed by atoms with Crippen LogP contribution in [0.2, 0.25) is 0 Å². The Labute approximate surface area is 93.8 Å². The summed E-state index contributed by atoms with van der Waals surface area (Å²) in [4.78, 5) is 1.89. The van der Waals surface area contributed by atoms with E-state index in [-0.39, 0.29) is 22.9 Å². The molecule has 0 radical (unpaired) electrons. The number of nitrogens with zero attached hydrogens (tertiary/aromatic N) is 1. The molecule has 0 spiro atoms. The molecule has 0 amide bonds. The van der Waals surface area contributed by atoms with Gasteiger partial charge in [-0.1, -0.05) is 12.1 Å². The summed E-state index contributed by atoms with van der Waals surface area (Å²) in [5, 5.41) is -0.294. The molecule has 2 unspecified atom stereocenters. The van der Waals surface area contributed by atoms with Crippen molar-refractivity contribution in [1.82, 2.24) is 0 Å². The van der Waals surface area contributed by atoms with Crippen molar-refractivity contribution in [2.24, 2.45) is 0 Å². The molecule has 2 heterocycles. The van der Waals surface area contributed by atoms with Gasteiger partial charge in [-0.15, -0.1) is 0 Å². The first-order valence-corrected chi connectivity index (χ1v) is 7.02. The van der Waals surface area contributed by atoms with E-state index >= 15 is 0 Å². The third kappa shape index (κ3) is 1.34. The molecule has 2 saturated heterocycles. The Balaban J connectivity index is 1.94. The van der Waals surface area contributed by atoms with Crippen molar-refractivity contribution in [2.45, 2.75) is 17.7 Å². The molecule has 0 saturated carbocycles. The van der Waals surface area contributed by atoms with Gasteiger partial charge in [0.25, 0.3) is 0 Å². The molecule has 2 bridgehead atoms. The molecule has 0 aliphatic carbocycles. The molecule has 3 rings (SSSR count). The van der Waals surface area contributed by atoms with Crippen LogP contribution >= 0.6 is 0 Å². The van der Waals surface area contributed by atoms with E-state index in [2.05, 4.69) is 0 Å². The Kier molecular flexibility index (Phi) is 2.01. The van der Waals surface area contributed by atoms with E-state index < -0.39 is 9.84 Å². The van der Waals surface area contributed by atoms with E-state index in [1.807, 2.05) is 4.90 Å². The predicted octanol–water partition coefficient (Wildman–Crippen LogP) is 1.20. The zero-order valence-electron chi connectivity index (χ0n) is 8.64. The lowest BCUT2D eigenvalue weighted by Crippen LogP contribution is -2.40. The molecule has 2 aliphatic rings. The Bertz CT molecular complexity index is 529. The quantitative estimate of drug-likeness (QED) is 0.741. The average Bonchev–Trinajstić information content (AvgIpc) is 2.73. The van der Waals surface area contributed by atoms with Gasteiger partial charge in [0.2, 0.25) is 0 Å². The van der Waals surface area contributed by atoms with Crippen LogP contribution in [0.25, 0.3) is 0 Å². The van der Waals surface area contributed by atoms with Gasteiger partial charge in [-0.2, -0.15) is 0 Å². The summed E-state index contributed by atoms with van der Waals surface area (Å²) in [5.41, 5.74) is 0.532. The van der Waals surface area contributed by atoms with Crippen LogP contribution in [-0.2, 0) is 9.84 Å². The van der Waals surface area contributed by atoms with Crippen LogP contribution < -0.4 is 4.90 Å². The number of hydrogen-bond acceptors (Lipinski definition) is 3. The number of anilines is 1. The minimum atomic E-state index is -2.91. The van der Waals surface area contributed by atoms with Gasteiger partial charge in [-0.05, 0) is 18.6 Å². The monoisotopic (exact) mass is 241 g/mol. The summed E-state index contributed by atoms with van der Waals surface area (Å²) in [7, 11) is -2.91. The fourth-order valence-electron chi connectivity index (χ4n) is 2.68. The lowest BCUT2D eigenvalue weighted by Gasteiger charge is -2.29. The maximum Gasteiger partial charge on any atom is 0.156 e. The Morgan fingerprint density at radius 1 is 1.31 bits per heavy atom. The number of para-hydroxylation sites is 1. The summed E-state index contributed by atoms with van der Waals surface area (Å²) in [6, 6.07) is 6.51. The normalized spacial score (nSPS) is 30.9. The predicted molar refractivity (Wildman–Crippen MR) is 59.7 cm³/mol. The highest BCUT2D eigenvalue weighted by atomic mass is 32.2. The van der Waals surface area contributed by atoms with E-state index in [0.29, 0.717) is 18.7 Å². The van der Waals surface area contributed by atoms with E-state index in [1.165, 1.54) is 6.07 Å². The largest absolute Gasteiger partial charge is 0.364 e. The molecule has 86 valence electrons. The molecule has 2 aliphatic heterocycles. The Morgan fingerprint density at radius 2 is 2.06 bits per heavy atom. The summed E-state index contributed by atoms with van der Waals surface area (Å²) < 4.78 is 36.7. The average molecular weight is 241 g/mol. The first-order chi connectivity index (χ1) is 7.58. The number of hydrogen-bond donors (Lipinski definition) is 0. The molecular formula is C11H12FNO2S. The Hall–Kier alpha value is -1.10. The van der Waals surface area contributed by atoms with Gasteiger partial charge in [0.1, 0.15) is 5.82 Å². The van der Waals surface area contributed by atoms with E-state index in [0.717, 1.165) is 0 Å². The molecule has 1 aromatic rings. The van der Waals surface area contributed by atoms with Crippen molar-refractivity contribution in [3.05, 3.63) is 30.1 Å². The highest BCUT2D eigenvalue weighted by Gasteiger charge is 2.48. The minimum Gasteiger partial charge on any atom is -0.364 e. The van der Waals surface area contributed by atoms with Gasteiger partial charge in [0.15, 0.2) is 9.84 Å². The third-order valence-electron chi connectivity index (χ3n) is 3.47. The molecular weight excluding hydrogens is 229 g/mol. The highest BCUT2D eigenvalue weighted by Crippen LogP contribution is 2.37. The van der Waals surface area contributed by atoms with Crippen LogP contribution in [0.4, 0.5) is 10.1 Å². The maximum absolute atomic E-state index is 13.6. The van der Waals surface area contributed by atoms with Crippen LogP contribution in [0.15, 0.2) is 24.3 Å². The molecule has 1 aromatic carbocycles. The summed E-state index contributed by atoms with van der Waals surface area (Å²) in [6.07, 6.45) is 0.649. The smallest absolute Gasteiger partial charge is 0.156 e. The van der Waals surface area contributed by atoms with Gasteiger partial charge < -0.3 is 4.90 Å². The molecule has 3 nitrogen and oxygen atoms in total. The number of benzene rings is 1. The van der Waals surface area contributed by atoms with E-state index in [1.54, 1.807) is 18.2 Å². The third-order valence-corrected chi connectivity index (χ3v) is 5.68. The van der Waals surface area contributed by atoms with Crippen molar-refractivity contribution in [2.75, 3.05) is 17.2 Å². The molecule has 2 fully saturated rings. The Morgan fingerprint density at radius 3 is 2.62 bits per heavy atom. The second-order valence-corrected chi connectivity index (χ2v) is 6.77. The van der Waals surface area contributed by atoms with E-state index in [4.69, 9.17) is 0 Å². The fourth-order valence-corrected chi connectivity index (χ4v) is 4.70. The van der Waals surface area contributed by atoms with E-state index in [9.17, 15) is 12.8 Å². The zero-order chi connectivity index (χ0) is 11.3. The summed E-state index contributed by atoms with van der Waals surface area (Å²) in [6.45, 7) is 0.438. The van der Waals surface area contributed by atoms with Crippen molar-refractivity contribution in [3.8, 4) is 0 Å². The van der Waals surface area contributed by atoms with Gasteiger partial charge in [-0.3, -0.25) is 0 Å². The standard InChI is InChI=1S/C11H12FNO2S/c12-10-3-1-2-4-11(10)13-6-9-5-8(13)7-16(9,14)15/h1-4,8-9H,5-7H2. The number of halogens is 1. The lowest BCUT2D eigenvalue weighted by atomic mass is 10.2. The number of sulfone groups is 1. The van der Waals surface area contributed by atoms with Crippen molar-refractivity contribution in [1.29, 1.82) is 0 Å². The molecule has 5 heteroatoms. The SMILES string of the molecule is O=S1(=O)CC2CC1CN2c1ccccc1F. The molecule has 0 aromatic heterocycles. The molecule has 0 N–H and O–H groups in total. The van der Waals surface area contributed by atoms with Crippen LogP contribution in [0.1, 0.15) is 6.42 Å². The van der Waals surface area contributed by atoms with Gasteiger partial charge in [0.05, 0.1) is 16.7 Å². The lowest BCUT2D eigenvalue weighted by molar-refractivity contribution is 0.581. The first kappa shape index (κ1) is 10.1. The van der Waals surface area contributed by atoms with Crippen molar-refractivity contribution >= 4 is 15.5 Å². The maximum atomic E-state index is 13.6. The summed E-state index contributed by atoms with van der Waals surface area (Å²) in [5.74, 6) is -0.0983. The van der Waals surface area contributed by atoms with Gasteiger partial charge in [-0.25, -0.2) is 12.8 Å². The van der Waals surface area contributed by atoms with Crippen LogP contribution in [0, 0.1) is 5.82 Å². The van der Waals surface area contributed by atoms with Gasteiger partial charge >= 0.3 is 0 Å². The molecule has 2 atom stereocenters.